The molecule has 6 nitrogen and oxygen atoms in total. The van der Waals surface area contributed by atoms with Crippen LogP contribution in [0.1, 0.15) is 48.5 Å². The maximum absolute atomic E-state index is 12.8. The van der Waals surface area contributed by atoms with Gasteiger partial charge in [0.25, 0.3) is 5.91 Å². The number of hydrogen-bond acceptors (Lipinski definition) is 4. The molecule has 0 aromatic heterocycles. The lowest BCUT2D eigenvalue weighted by molar-refractivity contribution is 0.0943. The van der Waals surface area contributed by atoms with Gasteiger partial charge in [-0.3, -0.25) is 4.79 Å². The number of hydrogen-bond donors (Lipinski definition) is 1. The molecular weight excluding hydrogens is 340 g/mol. The van der Waals surface area contributed by atoms with Gasteiger partial charge in [0, 0.05) is 38.4 Å². The normalized spacial score (nSPS) is 15.9. The smallest absolute Gasteiger partial charge is 0.251 e. The Bertz CT molecular complexity index is 682. The number of aryl methyl sites for hydroxylation is 1. The van der Waals surface area contributed by atoms with Crippen LogP contribution in [0.3, 0.4) is 0 Å². The molecule has 1 aliphatic rings. The van der Waals surface area contributed by atoms with Crippen LogP contribution in [-0.4, -0.2) is 51.5 Å². The molecule has 1 N–H and O–H groups in total. The van der Waals surface area contributed by atoms with Crippen LogP contribution in [0.15, 0.2) is 23.1 Å². The summed E-state index contributed by atoms with van der Waals surface area (Å²) in [5.74, 6) is -0.246. The topological polar surface area (TPSA) is 75.7 Å². The monoisotopic (exact) mass is 368 g/mol. The van der Waals surface area contributed by atoms with Crippen LogP contribution in [0, 0.1) is 6.92 Å². The zero-order chi connectivity index (χ0) is 18.3. The Morgan fingerprint density at radius 1 is 1.24 bits per heavy atom. The number of ether oxygens (including phenoxy) is 1. The van der Waals surface area contributed by atoms with Crippen LogP contribution in [0.4, 0.5) is 0 Å². The lowest BCUT2D eigenvalue weighted by Gasteiger charge is -2.26. The van der Waals surface area contributed by atoms with E-state index in [-0.39, 0.29) is 10.8 Å². The number of benzene rings is 1. The molecule has 140 valence electrons. The lowest BCUT2D eigenvalue weighted by Crippen LogP contribution is -2.35. The number of nitrogens with zero attached hydrogens (tertiary/aromatic N) is 1. The van der Waals surface area contributed by atoms with E-state index < -0.39 is 10.0 Å². The van der Waals surface area contributed by atoms with E-state index in [9.17, 15) is 13.2 Å². The van der Waals surface area contributed by atoms with Crippen molar-refractivity contribution in [1.29, 1.82) is 0 Å². The minimum atomic E-state index is -3.53. The van der Waals surface area contributed by atoms with Crippen molar-refractivity contribution in [3.05, 3.63) is 29.3 Å². The largest absolute Gasteiger partial charge is 0.382 e. The summed E-state index contributed by atoms with van der Waals surface area (Å²) in [5, 5.41) is 2.83. The number of amides is 1. The third-order valence-electron chi connectivity index (χ3n) is 4.36. The Morgan fingerprint density at radius 3 is 2.64 bits per heavy atom. The Hall–Kier alpha value is -1.44. The SMILES string of the molecule is CCOCCCNC(=O)c1cc(S(=O)(=O)N2CCCCC2)ccc1C. The molecule has 25 heavy (non-hydrogen) atoms. The Kier molecular flexibility index (Phi) is 7.40. The number of piperidine rings is 1. The molecular formula is C18H28N2O4S. The molecule has 1 saturated heterocycles. The first-order valence-corrected chi connectivity index (χ1v) is 10.4. The van der Waals surface area contributed by atoms with Gasteiger partial charge in [-0.2, -0.15) is 4.31 Å². The van der Waals surface area contributed by atoms with Crippen molar-refractivity contribution in [2.45, 2.75) is 44.4 Å². The first-order chi connectivity index (χ1) is 12.0. The van der Waals surface area contributed by atoms with E-state index in [1.807, 2.05) is 13.8 Å². The van der Waals surface area contributed by atoms with Gasteiger partial charge in [0.2, 0.25) is 10.0 Å². The lowest BCUT2D eigenvalue weighted by atomic mass is 10.1. The van der Waals surface area contributed by atoms with Crippen LogP contribution in [0.25, 0.3) is 0 Å². The molecule has 0 atom stereocenters. The van der Waals surface area contributed by atoms with E-state index in [1.54, 1.807) is 12.1 Å². The first kappa shape index (κ1) is 19.9. The predicted octanol–water partition coefficient (Wildman–Crippen LogP) is 2.33. The molecule has 0 radical (unpaired) electrons. The molecule has 1 aromatic rings. The van der Waals surface area contributed by atoms with Crippen LogP contribution in [0.2, 0.25) is 0 Å². The van der Waals surface area contributed by atoms with Gasteiger partial charge in [0.05, 0.1) is 4.90 Å². The second kappa shape index (κ2) is 9.31. The second-order valence-corrected chi connectivity index (χ2v) is 8.19. The minimum Gasteiger partial charge on any atom is -0.382 e. The Balaban J connectivity index is 2.09. The zero-order valence-electron chi connectivity index (χ0n) is 15.1. The summed E-state index contributed by atoms with van der Waals surface area (Å²) < 4.78 is 32.3. The Morgan fingerprint density at radius 2 is 1.96 bits per heavy atom. The molecule has 0 unspecified atom stereocenters. The van der Waals surface area contributed by atoms with Crippen LogP contribution in [-0.2, 0) is 14.8 Å². The third-order valence-corrected chi connectivity index (χ3v) is 6.26. The third kappa shape index (κ3) is 5.26. The average molecular weight is 368 g/mol. The molecule has 0 saturated carbocycles. The molecule has 0 spiro atoms. The fourth-order valence-corrected chi connectivity index (χ4v) is 4.42. The van der Waals surface area contributed by atoms with Crippen molar-refractivity contribution in [1.82, 2.24) is 9.62 Å². The summed E-state index contributed by atoms with van der Waals surface area (Å²) in [6.45, 7) is 6.59. The molecule has 2 rings (SSSR count). The zero-order valence-corrected chi connectivity index (χ0v) is 15.9. The Labute approximate surface area is 150 Å². The van der Waals surface area contributed by atoms with E-state index in [4.69, 9.17) is 4.74 Å². The van der Waals surface area contributed by atoms with E-state index in [0.29, 0.717) is 38.4 Å². The van der Waals surface area contributed by atoms with Crippen LogP contribution in [0.5, 0.6) is 0 Å². The standard InChI is InChI=1S/C18H28N2O4S/c1-3-24-13-7-10-19-18(21)17-14-16(9-8-15(17)2)25(22,23)20-11-5-4-6-12-20/h8-9,14H,3-7,10-13H2,1-2H3,(H,19,21). The molecule has 1 aromatic carbocycles. The van der Waals surface area contributed by atoms with Crippen molar-refractivity contribution in [3.63, 3.8) is 0 Å². The van der Waals surface area contributed by atoms with E-state index in [2.05, 4.69) is 5.32 Å². The van der Waals surface area contributed by atoms with Gasteiger partial charge in [-0.15, -0.1) is 0 Å². The minimum absolute atomic E-state index is 0.194. The number of rotatable bonds is 8. The van der Waals surface area contributed by atoms with Crippen molar-refractivity contribution < 1.29 is 17.9 Å². The number of carbonyl (C=O) groups is 1. The van der Waals surface area contributed by atoms with Crippen molar-refractivity contribution in [2.75, 3.05) is 32.8 Å². The fraction of sp³-hybridized carbons (Fsp3) is 0.611. The second-order valence-electron chi connectivity index (χ2n) is 6.25. The molecule has 1 heterocycles. The summed E-state index contributed by atoms with van der Waals surface area (Å²) in [5.41, 5.74) is 1.18. The van der Waals surface area contributed by atoms with Gasteiger partial charge >= 0.3 is 0 Å². The highest BCUT2D eigenvalue weighted by Crippen LogP contribution is 2.22. The summed E-state index contributed by atoms with van der Waals surface area (Å²) in [6.07, 6.45) is 3.57. The summed E-state index contributed by atoms with van der Waals surface area (Å²) in [6, 6.07) is 4.79. The molecule has 1 fully saturated rings. The van der Waals surface area contributed by atoms with Gasteiger partial charge in [-0.25, -0.2) is 8.42 Å². The quantitative estimate of drug-likeness (QED) is 0.715. The summed E-state index contributed by atoms with van der Waals surface area (Å²) in [4.78, 5) is 12.6. The molecule has 1 aliphatic heterocycles. The van der Waals surface area contributed by atoms with Crippen molar-refractivity contribution in [2.24, 2.45) is 0 Å². The molecule has 0 aliphatic carbocycles. The van der Waals surface area contributed by atoms with E-state index in [1.165, 1.54) is 10.4 Å². The predicted molar refractivity (Wildman–Crippen MR) is 97.2 cm³/mol. The van der Waals surface area contributed by atoms with Gasteiger partial charge in [0.1, 0.15) is 0 Å². The highest BCUT2D eigenvalue weighted by molar-refractivity contribution is 7.89. The average Bonchev–Trinajstić information content (AvgIpc) is 2.62. The molecule has 7 heteroatoms. The highest BCUT2D eigenvalue weighted by atomic mass is 32.2. The van der Waals surface area contributed by atoms with E-state index >= 15 is 0 Å². The maximum Gasteiger partial charge on any atom is 0.251 e. The number of nitrogens with one attached hydrogen (secondary N) is 1. The van der Waals surface area contributed by atoms with Crippen molar-refractivity contribution in [3.8, 4) is 0 Å². The molecule has 1 amide bonds. The van der Waals surface area contributed by atoms with Crippen LogP contribution < -0.4 is 5.32 Å². The van der Waals surface area contributed by atoms with E-state index in [0.717, 1.165) is 31.2 Å². The van der Waals surface area contributed by atoms with Crippen molar-refractivity contribution >= 4 is 15.9 Å². The number of carbonyl (C=O) groups excluding carboxylic acids is 1. The van der Waals surface area contributed by atoms with Gasteiger partial charge in [-0.1, -0.05) is 12.5 Å². The van der Waals surface area contributed by atoms with Gasteiger partial charge in [-0.05, 0) is 50.8 Å². The van der Waals surface area contributed by atoms with Gasteiger partial charge in [0.15, 0.2) is 0 Å². The first-order valence-electron chi connectivity index (χ1n) is 8.93. The molecule has 0 bridgehead atoms. The fourth-order valence-electron chi connectivity index (χ4n) is 2.88. The maximum atomic E-state index is 12.8. The number of sulfonamides is 1. The van der Waals surface area contributed by atoms with Gasteiger partial charge < -0.3 is 10.1 Å². The summed E-state index contributed by atoms with van der Waals surface area (Å²) >= 11 is 0. The summed E-state index contributed by atoms with van der Waals surface area (Å²) in [7, 11) is -3.53. The van der Waals surface area contributed by atoms with Crippen LogP contribution >= 0.6 is 0 Å². The highest BCUT2D eigenvalue weighted by Gasteiger charge is 2.26.